The van der Waals surface area contributed by atoms with Crippen LogP contribution < -0.4 is 15.9 Å². The molecule has 1 fully saturated rings. The second-order valence-electron chi connectivity index (χ2n) is 5.45. The van der Waals surface area contributed by atoms with Crippen LogP contribution in [0.4, 0.5) is 0 Å². The first-order valence-corrected chi connectivity index (χ1v) is 9.13. The molecule has 1 aliphatic heterocycles. The fraction of sp³-hybridized carbons (Fsp3) is 0.294. The Morgan fingerprint density at radius 1 is 1.00 bits per heavy atom. The average Bonchev–Trinajstić information content (AvgIpc) is 3.09. The Morgan fingerprint density at radius 3 is 1.95 bits per heavy atom. The maximum Gasteiger partial charge on any atom is 0.171 e. The van der Waals surface area contributed by atoms with Crippen molar-refractivity contribution in [1.29, 1.82) is 0 Å². The second-order valence-corrected chi connectivity index (χ2v) is 8.32. The summed E-state index contributed by atoms with van der Waals surface area (Å²) < 4.78 is 13.8. The molecule has 21 heavy (non-hydrogen) atoms. The highest BCUT2D eigenvalue weighted by atomic mass is 31.2. The van der Waals surface area contributed by atoms with E-state index in [-0.39, 0.29) is 6.04 Å². The van der Waals surface area contributed by atoms with Crippen LogP contribution in [0.1, 0.15) is 12.8 Å². The molecule has 2 atom stereocenters. The SMILES string of the molecule is O=P(c1ccccc1)(c1ccccc1)[C@@H](O)[C@@H]1CCCN1. The smallest absolute Gasteiger partial charge is 0.171 e. The van der Waals surface area contributed by atoms with E-state index in [1.165, 1.54) is 0 Å². The molecule has 0 amide bonds. The van der Waals surface area contributed by atoms with E-state index >= 15 is 0 Å². The summed E-state index contributed by atoms with van der Waals surface area (Å²) in [5.74, 6) is -0.884. The predicted octanol–water partition coefficient (Wildman–Crippen LogP) is 2.07. The summed E-state index contributed by atoms with van der Waals surface area (Å²) in [6, 6.07) is 18.6. The molecule has 4 heteroatoms. The molecule has 2 aromatic rings. The first kappa shape index (κ1) is 14.5. The highest BCUT2D eigenvalue weighted by Gasteiger charge is 2.41. The summed E-state index contributed by atoms with van der Waals surface area (Å²) in [6.07, 6.45) is 1.89. The van der Waals surface area contributed by atoms with Gasteiger partial charge in [-0.1, -0.05) is 60.7 Å². The number of aliphatic hydroxyl groups is 1. The first-order chi connectivity index (χ1) is 10.2. The summed E-state index contributed by atoms with van der Waals surface area (Å²) in [5, 5.41) is 15.6. The number of benzene rings is 2. The molecule has 0 saturated carbocycles. The second kappa shape index (κ2) is 6.15. The lowest BCUT2D eigenvalue weighted by Gasteiger charge is -2.29. The molecular formula is C17H20NO2P. The molecular weight excluding hydrogens is 281 g/mol. The predicted molar refractivity (Wildman–Crippen MR) is 86.8 cm³/mol. The highest BCUT2D eigenvalue weighted by Crippen LogP contribution is 2.49. The summed E-state index contributed by atoms with van der Waals surface area (Å²) in [6.45, 7) is 0.880. The molecule has 0 unspecified atom stereocenters. The van der Waals surface area contributed by atoms with E-state index in [1.54, 1.807) is 0 Å². The first-order valence-electron chi connectivity index (χ1n) is 7.35. The Kier molecular flexibility index (Phi) is 4.25. The maximum absolute atomic E-state index is 13.8. The minimum atomic E-state index is -3.07. The molecule has 0 aromatic heterocycles. The van der Waals surface area contributed by atoms with Gasteiger partial charge in [-0.05, 0) is 19.4 Å². The zero-order valence-corrected chi connectivity index (χ0v) is 12.7. The zero-order chi connectivity index (χ0) is 14.7. The molecule has 3 rings (SSSR count). The normalized spacial score (nSPS) is 20.3. The van der Waals surface area contributed by atoms with Crippen LogP contribution in [-0.4, -0.2) is 23.5 Å². The van der Waals surface area contributed by atoms with Crippen molar-refractivity contribution in [2.45, 2.75) is 24.7 Å². The van der Waals surface area contributed by atoms with E-state index in [0.717, 1.165) is 30.0 Å². The van der Waals surface area contributed by atoms with Gasteiger partial charge in [0, 0.05) is 16.7 Å². The van der Waals surface area contributed by atoms with Gasteiger partial charge in [0.1, 0.15) is 5.85 Å². The van der Waals surface area contributed by atoms with E-state index in [2.05, 4.69) is 5.32 Å². The van der Waals surface area contributed by atoms with Crippen molar-refractivity contribution >= 4 is 17.8 Å². The Morgan fingerprint density at radius 2 is 1.52 bits per heavy atom. The van der Waals surface area contributed by atoms with Gasteiger partial charge in [0.15, 0.2) is 7.14 Å². The van der Waals surface area contributed by atoms with Crippen molar-refractivity contribution in [1.82, 2.24) is 5.32 Å². The Balaban J connectivity index is 2.09. The third kappa shape index (κ3) is 2.69. The molecule has 1 aliphatic rings. The molecule has 0 aliphatic carbocycles. The molecule has 0 radical (unpaired) electrons. The summed E-state index contributed by atoms with van der Waals surface area (Å²) in [4.78, 5) is 0. The van der Waals surface area contributed by atoms with E-state index < -0.39 is 13.0 Å². The number of hydrogen-bond donors (Lipinski definition) is 2. The Labute approximate surface area is 125 Å². The Hall–Kier alpha value is -1.41. The van der Waals surface area contributed by atoms with Gasteiger partial charge in [-0.2, -0.15) is 0 Å². The van der Waals surface area contributed by atoms with Crippen molar-refractivity contribution < 1.29 is 9.67 Å². The minimum absolute atomic E-state index is 0.101. The molecule has 3 nitrogen and oxygen atoms in total. The third-order valence-electron chi connectivity index (χ3n) is 4.11. The largest absolute Gasteiger partial charge is 0.383 e. The van der Waals surface area contributed by atoms with E-state index in [9.17, 15) is 9.67 Å². The highest BCUT2D eigenvalue weighted by molar-refractivity contribution is 7.79. The van der Waals surface area contributed by atoms with Crippen molar-refractivity contribution in [3.8, 4) is 0 Å². The van der Waals surface area contributed by atoms with Crippen LogP contribution in [-0.2, 0) is 4.57 Å². The minimum Gasteiger partial charge on any atom is -0.383 e. The molecule has 1 saturated heterocycles. The third-order valence-corrected chi connectivity index (χ3v) is 7.35. The van der Waals surface area contributed by atoms with E-state index in [4.69, 9.17) is 0 Å². The summed E-state index contributed by atoms with van der Waals surface area (Å²) in [5.41, 5.74) is 0. The molecule has 0 bridgehead atoms. The monoisotopic (exact) mass is 301 g/mol. The molecule has 2 aromatic carbocycles. The van der Waals surface area contributed by atoms with Gasteiger partial charge in [0.05, 0.1) is 0 Å². The van der Waals surface area contributed by atoms with Crippen molar-refractivity contribution in [3.05, 3.63) is 60.7 Å². The fourth-order valence-electron chi connectivity index (χ4n) is 2.97. The maximum atomic E-state index is 13.8. The molecule has 0 spiro atoms. The molecule has 1 heterocycles. The number of rotatable bonds is 4. The topological polar surface area (TPSA) is 49.3 Å². The number of aliphatic hydroxyl groups excluding tert-OH is 1. The standard InChI is InChI=1S/C17H20NO2P/c19-17(16-12-7-13-18-16)21(20,14-8-3-1-4-9-14)15-10-5-2-6-11-15/h1-6,8-11,16-19H,7,12-13H2/t16-,17+/m0/s1. The van der Waals surface area contributed by atoms with Crippen LogP contribution in [0.2, 0.25) is 0 Å². The van der Waals surface area contributed by atoms with Gasteiger partial charge in [-0.25, -0.2) is 0 Å². The van der Waals surface area contributed by atoms with Crippen molar-refractivity contribution in [2.24, 2.45) is 0 Å². The van der Waals surface area contributed by atoms with Gasteiger partial charge in [-0.3, -0.25) is 0 Å². The average molecular weight is 301 g/mol. The fourth-order valence-corrected chi connectivity index (χ4v) is 5.87. The van der Waals surface area contributed by atoms with Crippen LogP contribution in [0.25, 0.3) is 0 Å². The van der Waals surface area contributed by atoms with Gasteiger partial charge >= 0.3 is 0 Å². The van der Waals surface area contributed by atoms with E-state index in [0.29, 0.717) is 0 Å². The summed E-state index contributed by atoms with van der Waals surface area (Å²) >= 11 is 0. The van der Waals surface area contributed by atoms with Crippen molar-refractivity contribution in [2.75, 3.05) is 6.54 Å². The van der Waals surface area contributed by atoms with Crippen LogP contribution in [0.3, 0.4) is 0 Å². The van der Waals surface area contributed by atoms with E-state index in [1.807, 2.05) is 60.7 Å². The molecule has 110 valence electrons. The van der Waals surface area contributed by atoms with Crippen LogP contribution >= 0.6 is 7.14 Å². The van der Waals surface area contributed by atoms with Gasteiger partial charge in [0.25, 0.3) is 0 Å². The zero-order valence-electron chi connectivity index (χ0n) is 11.9. The lowest BCUT2D eigenvalue weighted by molar-refractivity contribution is 0.209. The quantitative estimate of drug-likeness (QED) is 0.850. The Bertz CT molecular complexity index is 580. The van der Waals surface area contributed by atoms with Crippen LogP contribution in [0.15, 0.2) is 60.7 Å². The molecule has 2 N–H and O–H groups in total. The lowest BCUT2D eigenvalue weighted by atomic mass is 10.2. The van der Waals surface area contributed by atoms with Crippen molar-refractivity contribution in [3.63, 3.8) is 0 Å². The van der Waals surface area contributed by atoms with Gasteiger partial charge < -0.3 is 15.0 Å². The number of nitrogens with one attached hydrogen (secondary N) is 1. The van der Waals surface area contributed by atoms with Gasteiger partial charge in [0.2, 0.25) is 0 Å². The van der Waals surface area contributed by atoms with Crippen LogP contribution in [0.5, 0.6) is 0 Å². The van der Waals surface area contributed by atoms with Crippen LogP contribution in [0, 0.1) is 0 Å². The lowest BCUT2D eigenvalue weighted by Crippen LogP contribution is -2.39. The van der Waals surface area contributed by atoms with Gasteiger partial charge in [-0.15, -0.1) is 0 Å². The summed E-state index contributed by atoms with van der Waals surface area (Å²) in [7, 11) is -3.07. The number of hydrogen-bond acceptors (Lipinski definition) is 3.